The number of benzene rings is 1. The predicted octanol–water partition coefficient (Wildman–Crippen LogP) is 2.90. The van der Waals surface area contributed by atoms with Gasteiger partial charge >= 0.3 is 0 Å². The van der Waals surface area contributed by atoms with Crippen LogP contribution in [0.25, 0.3) is 11.3 Å². The number of anilines is 2. The molecule has 0 saturated carbocycles. The lowest BCUT2D eigenvalue weighted by Gasteiger charge is -2.11. The van der Waals surface area contributed by atoms with Gasteiger partial charge in [-0.25, -0.2) is 9.37 Å². The van der Waals surface area contributed by atoms with E-state index in [9.17, 15) is 4.39 Å². The molecule has 1 aromatic carbocycles. The maximum atomic E-state index is 13.8. The smallest absolute Gasteiger partial charge is 0.182 e. The van der Waals surface area contributed by atoms with Crippen molar-refractivity contribution in [1.29, 1.82) is 0 Å². The van der Waals surface area contributed by atoms with E-state index in [2.05, 4.69) is 4.98 Å². The summed E-state index contributed by atoms with van der Waals surface area (Å²) in [5, 5.41) is 0.842. The SMILES string of the molecule is CC(C)Oc1ccc(-c2nc(N)sc2N)cc1F. The van der Waals surface area contributed by atoms with Crippen LogP contribution in [0, 0.1) is 5.82 Å². The van der Waals surface area contributed by atoms with E-state index >= 15 is 0 Å². The van der Waals surface area contributed by atoms with Gasteiger partial charge in [-0.3, -0.25) is 0 Å². The molecule has 2 rings (SSSR count). The number of aromatic nitrogens is 1. The normalized spacial score (nSPS) is 10.9. The van der Waals surface area contributed by atoms with Crippen LogP contribution >= 0.6 is 11.3 Å². The van der Waals surface area contributed by atoms with Gasteiger partial charge in [0.1, 0.15) is 10.7 Å². The summed E-state index contributed by atoms with van der Waals surface area (Å²) in [6, 6.07) is 4.63. The molecule has 96 valence electrons. The first-order valence-corrected chi connectivity index (χ1v) is 6.27. The van der Waals surface area contributed by atoms with Gasteiger partial charge < -0.3 is 16.2 Å². The number of ether oxygens (including phenoxy) is 1. The molecule has 0 amide bonds. The fourth-order valence-corrected chi connectivity index (χ4v) is 2.18. The van der Waals surface area contributed by atoms with Gasteiger partial charge in [0.25, 0.3) is 0 Å². The Bertz CT molecular complexity index is 568. The van der Waals surface area contributed by atoms with E-state index in [1.807, 2.05) is 13.8 Å². The number of thiazole rings is 1. The summed E-state index contributed by atoms with van der Waals surface area (Å²) in [4.78, 5) is 4.08. The highest BCUT2D eigenvalue weighted by Gasteiger charge is 2.12. The van der Waals surface area contributed by atoms with Gasteiger partial charge in [-0.1, -0.05) is 11.3 Å². The van der Waals surface area contributed by atoms with E-state index in [0.29, 0.717) is 21.4 Å². The summed E-state index contributed by atoms with van der Waals surface area (Å²) in [6.07, 6.45) is -0.0784. The van der Waals surface area contributed by atoms with Crippen LogP contribution in [0.3, 0.4) is 0 Å². The number of nitrogens with zero attached hydrogens (tertiary/aromatic N) is 1. The summed E-state index contributed by atoms with van der Waals surface area (Å²) in [7, 11) is 0. The lowest BCUT2D eigenvalue weighted by atomic mass is 10.1. The molecule has 4 N–H and O–H groups in total. The number of nitrogens with two attached hydrogens (primary N) is 2. The number of hydrogen-bond acceptors (Lipinski definition) is 5. The van der Waals surface area contributed by atoms with Crippen LogP contribution in [0.5, 0.6) is 5.75 Å². The Morgan fingerprint density at radius 1 is 1.33 bits per heavy atom. The highest BCUT2D eigenvalue weighted by molar-refractivity contribution is 7.19. The average Bonchev–Trinajstić information content (AvgIpc) is 2.60. The minimum atomic E-state index is -0.438. The highest BCUT2D eigenvalue weighted by atomic mass is 32.1. The minimum absolute atomic E-state index is 0.0784. The number of rotatable bonds is 3. The second kappa shape index (κ2) is 4.81. The largest absolute Gasteiger partial charge is 0.488 e. The van der Waals surface area contributed by atoms with Crippen molar-refractivity contribution in [2.75, 3.05) is 11.5 Å². The first-order chi connectivity index (χ1) is 8.47. The van der Waals surface area contributed by atoms with E-state index in [1.54, 1.807) is 12.1 Å². The molecule has 1 heterocycles. The molecule has 0 aliphatic rings. The Morgan fingerprint density at radius 3 is 2.56 bits per heavy atom. The summed E-state index contributed by atoms with van der Waals surface area (Å²) >= 11 is 1.18. The van der Waals surface area contributed by atoms with Gasteiger partial charge in [0.05, 0.1) is 6.10 Å². The van der Waals surface area contributed by atoms with Crippen LogP contribution in [-0.2, 0) is 0 Å². The molecule has 1 aromatic heterocycles. The molecule has 18 heavy (non-hydrogen) atoms. The third-order valence-corrected chi connectivity index (χ3v) is 2.95. The molecule has 6 heteroatoms. The standard InChI is InChI=1S/C12H14FN3OS/c1-6(2)17-9-4-3-7(5-8(9)13)10-11(14)18-12(15)16-10/h3-6H,14H2,1-2H3,(H2,15,16). The highest BCUT2D eigenvalue weighted by Crippen LogP contribution is 2.33. The molecule has 0 aliphatic heterocycles. The van der Waals surface area contributed by atoms with Crippen molar-refractivity contribution < 1.29 is 9.13 Å². The Balaban J connectivity index is 2.37. The average molecular weight is 267 g/mol. The third kappa shape index (κ3) is 2.53. The van der Waals surface area contributed by atoms with Crippen LogP contribution < -0.4 is 16.2 Å². The Labute approximate surface area is 108 Å². The first kappa shape index (κ1) is 12.6. The zero-order valence-corrected chi connectivity index (χ0v) is 10.9. The molecule has 0 radical (unpaired) electrons. The second-order valence-corrected chi connectivity index (χ2v) is 5.14. The molecule has 0 saturated heterocycles. The number of nitrogen functional groups attached to an aromatic ring is 2. The summed E-state index contributed by atoms with van der Waals surface area (Å²) in [5.74, 6) is -0.220. The van der Waals surface area contributed by atoms with Gasteiger partial charge in [-0.05, 0) is 32.0 Å². The number of halogens is 1. The van der Waals surface area contributed by atoms with Crippen LogP contribution in [0.15, 0.2) is 18.2 Å². The zero-order chi connectivity index (χ0) is 13.3. The van der Waals surface area contributed by atoms with Gasteiger partial charge in [-0.15, -0.1) is 0 Å². The van der Waals surface area contributed by atoms with Gasteiger partial charge in [0.2, 0.25) is 0 Å². The van der Waals surface area contributed by atoms with Crippen LogP contribution in [0.2, 0.25) is 0 Å². The van der Waals surface area contributed by atoms with Crippen LogP contribution in [-0.4, -0.2) is 11.1 Å². The van der Waals surface area contributed by atoms with E-state index < -0.39 is 5.82 Å². The van der Waals surface area contributed by atoms with E-state index in [4.69, 9.17) is 16.2 Å². The molecule has 0 bridgehead atoms. The molecular formula is C12H14FN3OS. The van der Waals surface area contributed by atoms with Crippen molar-refractivity contribution in [2.24, 2.45) is 0 Å². The molecule has 4 nitrogen and oxygen atoms in total. The third-order valence-electron chi connectivity index (χ3n) is 2.24. The van der Waals surface area contributed by atoms with E-state index in [1.165, 1.54) is 17.4 Å². The summed E-state index contributed by atoms with van der Waals surface area (Å²) in [5.41, 5.74) is 12.4. The Morgan fingerprint density at radius 2 is 2.06 bits per heavy atom. The van der Waals surface area contributed by atoms with Crippen molar-refractivity contribution in [3.8, 4) is 17.0 Å². The van der Waals surface area contributed by atoms with Crippen molar-refractivity contribution in [2.45, 2.75) is 20.0 Å². The number of hydrogen-bond donors (Lipinski definition) is 2. The fourth-order valence-electron chi connectivity index (χ4n) is 1.55. The second-order valence-electron chi connectivity index (χ2n) is 4.08. The monoisotopic (exact) mass is 267 g/mol. The quantitative estimate of drug-likeness (QED) is 0.896. The van der Waals surface area contributed by atoms with Crippen molar-refractivity contribution in [1.82, 2.24) is 4.98 Å². The lowest BCUT2D eigenvalue weighted by molar-refractivity contribution is 0.231. The Kier molecular flexibility index (Phi) is 3.38. The lowest BCUT2D eigenvalue weighted by Crippen LogP contribution is -2.06. The summed E-state index contributed by atoms with van der Waals surface area (Å²) < 4.78 is 19.1. The van der Waals surface area contributed by atoms with Gasteiger partial charge in [-0.2, -0.15) is 0 Å². The van der Waals surface area contributed by atoms with Gasteiger partial charge in [0.15, 0.2) is 16.7 Å². The Hall–Kier alpha value is -1.82. The van der Waals surface area contributed by atoms with E-state index in [-0.39, 0.29) is 11.9 Å². The minimum Gasteiger partial charge on any atom is -0.488 e. The maximum absolute atomic E-state index is 13.8. The first-order valence-electron chi connectivity index (χ1n) is 5.45. The van der Waals surface area contributed by atoms with Crippen LogP contribution in [0.4, 0.5) is 14.5 Å². The maximum Gasteiger partial charge on any atom is 0.182 e. The van der Waals surface area contributed by atoms with Crippen LogP contribution in [0.1, 0.15) is 13.8 Å². The van der Waals surface area contributed by atoms with Gasteiger partial charge in [0, 0.05) is 5.56 Å². The predicted molar refractivity (Wildman–Crippen MR) is 72.1 cm³/mol. The fraction of sp³-hybridized carbons (Fsp3) is 0.250. The molecule has 0 aliphatic carbocycles. The molecule has 0 unspecified atom stereocenters. The summed E-state index contributed by atoms with van der Waals surface area (Å²) in [6.45, 7) is 3.68. The molecular weight excluding hydrogens is 253 g/mol. The van der Waals surface area contributed by atoms with Crippen molar-refractivity contribution in [3.05, 3.63) is 24.0 Å². The molecule has 0 atom stereocenters. The van der Waals surface area contributed by atoms with E-state index in [0.717, 1.165) is 0 Å². The topological polar surface area (TPSA) is 74.2 Å². The molecule has 2 aromatic rings. The van der Waals surface area contributed by atoms with Crippen molar-refractivity contribution >= 4 is 21.5 Å². The van der Waals surface area contributed by atoms with Crippen molar-refractivity contribution in [3.63, 3.8) is 0 Å². The molecule has 0 spiro atoms. The zero-order valence-electron chi connectivity index (χ0n) is 10.1. The molecule has 0 fully saturated rings.